The number of hydrogen-bond acceptors (Lipinski definition) is 7. The number of morpholine rings is 1. The third kappa shape index (κ3) is 8.11. The normalized spacial score (nSPS) is 24.6. The zero-order chi connectivity index (χ0) is 28.3. The molecule has 218 valence electrons. The molecule has 7 heteroatoms. The molecule has 0 amide bonds. The fourth-order valence-electron chi connectivity index (χ4n) is 5.70. The van der Waals surface area contributed by atoms with E-state index in [0.717, 1.165) is 16.7 Å². The van der Waals surface area contributed by atoms with Gasteiger partial charge in [0.2, 0.25) is 0 Å². The second-order valence-corrected chi connectivity index (χ2v) is 10.7. The molecule has 7 nitrogen and oxygen atoms in total. The van der Waals surface area contributed by atoms with Crippen molar-refractivity contribution in [2.75, 3.05) is 39.4 Å². The Hall–Kier alpha value is -2.88. The van der Waals surface area contributed by atoms with Crippen molar-refractivity contribution < 1.29 is 24.1 Å². The lowest BCUT2D eigenvalue weighted by atomic mass is 9.90. The maximum absolute atomic E-state index is 11.9. The van der Waals surface area contributed by atoms with Crippen LogP contribution in [0.15, 0.2) is 104 Å². The van der Waals surface area contributed by atoms with Gasteiger partial charge in [-0.15, -0.1) is 6.58 Å². The average Bonchev–Trinajstić information content (AvgIpc) is 3.04. The van der Waals surface area contributed by atoms with Crippen LogP contribution in [0.1, 0.15) is 16.7 Å². The van der Waals surface area contributed by atoms with E-state index in [1.165, 1.54) is 0 Å². The first kappa shape index (κ1) is 29.6. The molecule has 2 heterocycles. The lowest BCUT2D eigenvalue weighted by Gasteiger charge is -2.51. The van der Waals surface area contributed by atoms with Crippen molar-refractivity contribution in [1.82, 2.24) is 9.80 Å². The number of benzene rings is 3. The van der Waals surface area contributed by atoms with Gasteiger partial charge in [-0.1, -0.05) is 97.1 Å². The molecule has 3 aromatic carbocycles. The lowest BCUT2D eigenvalue weighted by molar-refractivity contribution is -0.231. The Morgan fingerprint density at radius 3 is 1.76 bits per heavy atom. The van der Waals surface area contributed by atoms with Crippen LogP contribution in [-0.2, 0) is 38.8 Å². The number of hydrogen-bond donors (Lipinski definition) is 1. The van der Waals surface area contributed by atoms with E-state index in [0.29, 0.717) is 59.2 Å². The van der Waals surface area contributed by atoms with Gasteiger partial charge in [-0.2, -0.15) is 0 Å². The van der Waals surface area contributed by atoms with Gasteiger partial charge >= 0.3 is 0 Å². The minimum absolute atomic E-state index is 0.284. The molecule has 41 heavy (non-hydrogen) atoms. The Balaban J connectivity index is 1.46. The first-order chi connectivity index (χ1) is 20.2. The van der Waals surface area contributed by atoms with Gasteiger partial charge in [0.25, 0.3) is 0 Å². The fraction of sp³-hybridized carbons (Fsp3) is 0.412. The van der Waals surface area contributed by atoms with E-state index in [-0.39, 0.29) is 12.1 Å². The van der Waals surface area contributed by atoms with Gasteiger partial charge in [0, 0.05) is 26.2 Å². The topological polar surface area (TPSA) is 63.6 Å². The Morgan fingerprint density at radius 2 is 1.24 bits per heavy atom. The van der Waals surface area contributed by atoms with Crippen LogP contribution in [0, 0.1) is 0 Å². The van der Waals surface area contributed by atoms with Crippen molar-refractivity contribution in [3.8, 4) is 0 Å². The highest BCUT2D eigenvalue weighted by Crippen LogP contribution is 2.31. The summed E-state index contributed by atoms with van der Waals surface area (Å²) in [5.41, 5.74) is 3.24. The molecule has 5 rings (SSSR count). The summed E-state index contributed by atoms with van der Waals surface area (Å²) in [6, 6.07) is 30.1. The molecule has 2 aliphatic rings. The van der Waals surface area contributed by atoms with Crippen molar-refractivity contribution in [2.45, 2.75) is 50.4 Å². The second-order valence-electron chi connectivity index (χ2n) is 10.7. The van der Waals surface area contributed by atoms with E-state index >= 15 is 0 Å². The third-order valence-electron chi connectivity index (χ3n) is 7.83. The van der Waals surface area contributed by atoms with E-state index in [2.05, 4.69) is 52.8 Å². The van der Waals surface area contributed by atoms with E-state index in [1.807, 2.05) is 60.7 Å². The summed E-state index contributed by atoms with van der Waals surface area (Å²) in [6.45, 7) is 8.98. The standard InChI is InChI=1S/C34H42N2O5/c1-2-18-36-23-30(39-24-27-12-6-3-7-13-27)32(40-25-28-14-8-4-9-15-28)33(41-26-29-16-10-5-11-17-29)31(36)34(37)35-19-21-38-22-20-35/h2-17,30-34,37H,1,18-26H2/t30-,31-,32+,33+,34?/m0/s1. The lowest BCUT2D eigenvalue weighted by Crippen LogP contribution is -2.69. The summed E-state index contributed by atoms with van der Waals surface area (Å²) in [6.07, 6.45) is -0.0481. The SMILES string of the molecule is C=CCN1C[C@H](OCc2ccccc2)[C@@H](OCc2ccccc2)[C@H](OCc2ccccc2)[C@H]1C(O)N1CCOCC1. The first-order valence-electron chi connectivity index (χ1n) is 14.5. The van der Waals surface area contributed by atoms with Crippen molar-refractivity contribution in [1.29, 1.82) is 0 Å². The summed E-state index contributed by atoms with van der Waals surface area (Å²) in [7, 11) is 0. The number of piperidine rings is 1. The fourth-order valence-corrected chi connectivity index (χ4v) is 5.70. The van der Waals surface area contributed by atoms with Crippen LogP contribution in [0.4, 0.5) is 0 Å². The number of likely N-dealkylation sites (tertiary alicyclic amines) is 1. The minimum atomic E-state index is -0.766. The molecule has 0 spiro atoms. The minimum Gasteiger partial charge on any atom is -0.379 e. The number of nitrogens with zero attached hydrogens (tertiary/aromatic N) is 2. The molecule has 0 aliphatic carbocycles. The highest BCUT2D eigenvalue weighted by Gasteiger charge is 2.49. The van der Waals surface area contributed by atoms with E-state index in [4.69, 9.17) is 18.9 Å². The van der Waals surface area contributed by atoms with Crippen molar-refractivity contribution in [3.63, 3.8) is 0 Å². The van der Waals surface area contributed by atoms with Crippen LogP contribution in [0.5, 0.6) is 0 Å². The number of aliphatic hydroxyl groups is 1. The maximum Gasteiger partial charge on any atom is 0.125 e. The first-order valence-corrected chi connectivity index (χ1v) is 14.5. The van der Waals surface area contributed by atoms with E-state index in [1.54, 1.807) is 0 Å². The van der Waals surface area contributed by atoms with Crippen LogP contribution in [0.3, 0.4) is 0 Å². The largest absolute Gasteiger partial charge is 0.379 e. The average molecular weight is 559 g/mol. The molecule has 2 fully saturated rings. The van der Waals surface area contributed by atoms with Crippen LogP contribution < -0.4 is 0 Å². The number of rotatable bonds is 13. The number of ether oxygens (including phenoxy) is 4. The molecular weight excluding hydrogens is 516 g/mol. The van der Waals surface area contributed by atoms with Crippen LogP contribution in [0.25, 0.3) is 0 Å². The molecule has 0 saturated carbocycles. The molecule has 0 aromatic heterocycles. The zero-order valence-electron chi connectivity index (χ0n) is 23.7. The molecule has 2 aliphatic heterocycles. The van der Waals surface area contributed by atoms with Gasteiger partial charge in [-0.3, -0.25) is 9.80 Å². The maximum atomic E-state index is 11.9. The molecule has 0 bridgehead atoms. The van der Waals surface area contributed by atoms with Crippen LogP contribution in [-0.4, -0.2) is 84.9 Å². The van der Waals surface area contributed by atoms with E-state index in [9.17, 15) is 5.11 Å². The summed E-state index contributed by atoms with van der Waals surface area (Å²) < 4.78 is 25.7. The predicted octanol–water partition coefficient (Wildman–Crippen LogP) is 4.26. The summed E-state index contributed by atoms with van der Waals surface area (Å²) >= 11 is 0. The Kier molecular flexibility index (Phi) is 11.1. The van der Waals surface area contributed by atoms with Crippen LogP contribution >= 0.6 is 0 Å². The molecule has 1 unspecified atom stereocenters. The van der Waals surface area contributed by atoms with Crippen molar-refractivity contribution in [3.05, 3.63) is 120 Å². The monoisotopic (exact) mass is 558 g/mol. The molecule has 0 radical (unpaired) electrons. The quantitative estimate of drug-likeness (QED) is 0.315. The van der Waals surface area contributed by atoms with Gasteiger partial charge in [0.1, 0.15) is 18.4 Å². The van der Waals surface area contributed by atoms with Gasteiger partial charge < -0.3 is 24.1 Å². The van der Waals surface area contributed by atoms with Gasteiger partial charge in [0.15, 0.2) is 0 Å². The predicted molar refractivity (Wildman–Crippen MR) is 159 cm³/mol. The van der Waals surface area contributed by atoms with Crippen LogP contribution in [0.2, 0.25) is 0 Å². The molecule has 5 atom stereocenters. The third-order valence-corrected chi connectivity index (χ3v) is 7.83. The van der Waals surface area contributed by atoms with Crippen molar-refractivity contribution >= 4 is 0 Å². The Labute approximate surface area is 243 Å². The molecule has 1 N–H and O–H groups in total. The Bertz CT molecular complexity index is 1160. The Morgan fingerprint density at radius 1 is 0.756 bits per heavy atom. The highest BCUT2D eigenvalue weighted by atomic mass is 16.6. The summed E-state index contributed by atoms with van der Waals surface area (Å²) in [4.78, 5) is 4.32. The smallest absolute Gasteiger partial charge is 0.125 e. The number of aliphatic hydroxyl groups excluding tert-OH is 1. The van der Waals surface area contributed by atoms with Gasteiger partial charge in [-0.25, -0.2) is 0 Å². The highest BCUT2D eigenvalue weighted by molar-refractivity contribution is 5.16. The van der Waals surface area contributed by atoms with Gasteiger partial charge in [0.05, 0.1) is 45.2 Å². The van der Waals surface area contributed by atoms with E-state index < -0.39 is 18.4 Å². The molecule has 2 saturated heterocycles. The molecular formula is C34H42N2O5. The second kappa shape index (κ2) is 15.4. The zero-order valence-corrected chi connectivity index (χ0v) is 23.7. The summed E-state index contributed by atoms with van der Waals surface area (Å²) in [5, 5.41) is 11.9. The summed E-state index contributed by atoms with van der Waals surface area (Å²) in [5.74, 6) is 0. The van der Waals surface area contributed by atoms with Crippen molar-refractivity contribution in [2.24, 2.45) is 0 Å². The molecule has 3 aromatic rings. The van der Waals surface area contributed by atoms with Gasteiger partial charge in [-0.05, 0) is 16.7 Å².